The summed E-state index contributed by atoms with van der Waals surface area (Å²) in [5, 5.41) is 14.0. The number of azo groups is 1. The first kappa shape index (κ1) is 20.5. The molecule has 1 aliphatic heterocycles. The third-order valence-electron chi connectivity index (χ3n) is 4.69. The zero-order valence-electron chi connectivity index (χ0n) is 17.1. The summed E-state index contributed by atoms with van der Waals surface area (Å²) in [6.07, 6.45) is 1.28. The summed E-state index contributed by atoms with van der Waals surface area (Å²) in [5.41, 5.74) is 5.24. The number of aromatic amines is 1. The number of hydrazine groups is 1. The monoisotopic (exact) mass is 462 g/mol. The standard InChI is InChI=1S/C21H15N7O4S/c1-13-7-9-15(10-8-13)27-17(19(29)31-25-27)11-22-24-21-23-16(12-33-21)18-20(30)32-26-28(18)14-5-3-2-4-6-14/h2-12,25H,1H3/p+1/b17-11-,24-22?. The van der Waals surface area contributed by atoms with E-state index in [1.807, 2.05) is 61.5 Å². The normalized spacial score (nSPS) is 15.0. The molecular formula is C21H16N7O4S+. The number of thiazole rings is 1. The Morgan fingerprint density at radius 2 is 1.91 bits per heavy atom. The molecule has 33 heavy (non-hydrogen) atoms. The van der Waals surface area contributed by atoms with E-state index in [4.69, 9.17) is 9.36 Å². The molecule has 12 heteroatoms. The van der Waals surface area contributed by atoms with Gasteiger partial charge in [0.2, 0.25) is 10.8 Å². The van der Waals surface area contributed by atoms with Crippen LogP contribution in [0.3, 0.4) is 0 Å². The van der Waals surface area contributed by atoms with Crippen LogP contribution in [0.5, 0.6) is 0 Å². The molecule has 0 radical (unpaired) electrons. The van der Waals surface area contributed by atoms with Crippen molar-refractivity contribution in [1.29, 1.82) is 0 Å². The van der Waals surface area contributed by atoms with Crippen molar-refractivity contribution in [2.75, 3.05) is 5.01 Å². The van der Waals surface area contributed by atoms with Crippen LogP contribution in [-0.2, 0) is 9.63 Å². The lowest BCUT2D eigenvalue weighted by Gasteiger charge is -2.14. The SMILES string of the molecule is Cc1ccc(N2NOC(=O)/C2=C/N=Nc2nc(-c3c(=O)o[nH][n+]3-c3ccccc3)cs2)cc1. The molecule has 4 aromatic rings. The number of nitrogens with zero attached hydrogens (tertiary/aromatic N) is 5. The number of H-pyrrole nitrogens is 1. The molecule has 1 fully saturated rings. The largest absolute Gasteiger partial charge is 0.437 e. The first-order valence-electron chi connectivity index (χ1n) is 9.69. The van der Waals surface area contributed by atoms with Gasteiger partial charge in [-0.3, -0.25) is 4.52 Å². The zero-order chi connectivity index (χ0) is 22.8. The molecule has 1 aliphatic rings. The lowest BCUT2D eigenvalue weighted by Crippen LogP contribution is -2.36. The maximum atomic E-state index is 12.3. The number of carbonyl (C=O) groups excluding carboxylic acids is 1. The molecule has 0 bridgehead atoms. The Morgan fingerprint density at radius 1 is 1.12 bits per heavy atom. The van der Waals surface area contributed by atoms with E-state index in [0.717, 1.165) is 5.56 Å². The van der Waals surface area contributed by atoms with Gasteiger partial charge in [0.15, 0.2) is 11.4 Å². The molecule has 164 valence electrons. The fourth-order valence-corrected chi connectivity index (χ4v) is 3.70. The van der Waals surface area contributed by atoms with Gasteiger partial charge in [-0.1, -0.05) is 41.5 Å². The predicted octanol–water partition coefficient (Wildman–Crippen LogP) is 3.08. The summed E-state index contributed by atoms with van der Waals surface area (Å²) >= 11 is 1.19. The molecule has 0 spiro atoms. The van der Waals surface area contributed by atoms with E-state index in [1.165, 1.54) is 27.2 Å². The molecule has 0 atom stereocenters. The van der Waals surface area contributed by atoms with Crippen molar-refractivity contribution in [1.82, 2.24) is 15.8 Å². The number of anilines is 1. The van der Waals surface area contributed by atoms with Crippen molar-refractivity contribution in [2.24, 2.45) is 10.2 Å². The van der Waals surface area contributed by atoms with E-state index in [1.54, 1.807) is 5.38 Å². The second-order valence-electron chi connectivity index (χ2n) is 6.90. The smallest absolute Gasteiger partial charge is 0.345 e. The van der Waals surface area contributed by atoms with E-state index < -0.39 is 11.6 Å². The quantitative estimate of drug-likeness (QED) is 0.265. The molecule has 3 heterocycles. The van der Waals surface area contributed by atoms with Crippen LogP contribution in [-0.4, -0.2) is 16.2 Å². The van der Waals surface area contributed by atoms with Crippen molar-refractivity contribution in [2.45, 2.75) is 6.92 Å². The predicted molar refractivity (Wildman–Crippen MR) is 117 cm³/mol. The van der Waals surface area contributed by atoms with Crippen LogP contribution in [0.1, 0.15) is 5.56 Å². The van der Waals surface area contributed by atoms with Crippen molar-refractivity contribution >= 4 is 28.1 Å². The summed E-state index contributed by atoms with van der Waals surface area (Å²) in [6, 6.07) is 16.7. The Balaban J connectivity index is 1.40. The number of hydrogen-bond acceptors (Lipinski definition) is 10. The fraction of sp³-hybridized carbons (Fsp3) is 0.0476. The molecule has 11 nitrogen and oxygen atoms in total. The van der Waals surface area contributed by atoms with Gasteiger partial charge < -0.3 is 4.84 Å². The third-order valence-corrected chi connectivity index (χ3v) is 5.42. The van der Waals surface area contributed by atoms with Crippen LogP contribution in [0.4, 0.5) is 10.8 Å². The lowest BCUT2D eigenvalue weighted by molar-refractivity contribution is -0.660. The Morgan fingerprint density at radius 3 is 2.70 bits per heavy atom. The molecule has 0 unspecified atom stereocenters. The number of hydrogen-bond donors (Lipinski definition) is 2. The average molecular weight is 462 g/mol. The Labute approximate surface area is 190 Å². The first-order chi connectivity index (χ1) is 16.1. The number of para-hydroxylation sites is 1. The van der Waals surface area contributed by atoms with Gasteiger partial charge in [-0.25, -0.2) is 19.6 Å². The Hall–Kier alpha value is -4.42. The van der Waals surface area contributed by atoms with Crippen molar-refractivity contribution < 1.29 is 18.8 Å². The van der Waals surface area contributed by atoms with Crippen LogP contribution in [0.15, 0.2) is 91.4 Å². The maximum absolute atomic E-state index is 12.3. The van der Waals surface area contributed by atoms with Crippen LogP contribution < -0.4 is 20.9 Å². The molecule has 0 saturated carbocycles. The van der Waals surface area contributed by atoms with Crippen molar-refractivity contribution in [3.8, 4) is 17.1 Å². The highest BCUT2D eigenvalue weighted by atomic mass is 32.1. The van der Waals surface area contributed by atoms with E-state index >= 15 is 0 Å². The number of nitrogens with one attached hydrogen (secondary N) is 2. The minimum Gasteiger partial charge on any atom is -0.345 e. The van der Waals surface area contributed by atoms with E-state index in [-0.39, 0.29) is 11.4 Å². The van der Waals surface area contributed by atoms with E-state index in [9.17, 15) is 9.59 Å². The van der Waals surface area contributed by atoms with Gasteiger partial charge in [-0.15, -0.1) is 16.5 Å². The van der Waals surface area contributed by atoms with Gasteiger partial charge in [-0.2, -0.15) is 5.11 Å². The van der Waals surface area contributed by atoms with Crippen molar-refractivity contribution in [3.05, 3.63) is 87.9 Å². The zero-order valence-corrected chi connectivity index (χ0v) is 17.9. The molecule has 2 N–H and O–H groups in total. The molecule has 5 rings (SSSR count). The third kappa shape index (κ3) is 4.07. The molecule has 2 aromatic carbocycles. The van der Waals surface area contributed by atoms with Crippen LogP contribution in [0, 0.1) is 6.92 Å². The second-order valence-corrected chi connectivity index (χ2v) is 7.73. The fourth-order valence-electron chi connectivity index (χ4n) is 3.08. The van der Waals surface area contributed by atoms with Gasteiger partial charge in [0.05, 0.1) is 11.9 Å². The highest BCUT2D eigenvalue weighted by molar-refractivity contribution is 7.13. The molecule has 2 aromatic heterocycles. The average Bonchev–Trinajstić information content (AvgIpc) is 3.54. The molecule has 1 saturated heterocycles. The van der Waals surface area contributed by atoms with Gasteiger partial charge >= 0.3 is 17.3 Å². The van der Waals surface area contributed by atoms with Crippen LogP contribution in [0.2, 0.25) is 0 Å². The summed E-state index contributed by atoms with van der Waals surface area (Å²) in [5.74, 6) is -0.594. The molecular weight excluding hydrogens is 446 g/mol. The summed E-state index contributed by atoms with van der Waals surface area (Å²) < 4.78 is 6.45. The minimum absolute atomic E-state index is 0.160. The highest BCUT2D eigenvalue weighted by Crippen LogP contribution is 2.26. The van der Waals surface area contributed by atoms with E-state index in [2.05, 4.69) is 26.1 Å². The number of aromatic nitrogens is 3. The Bertz CT molecular complexity index is 1420. The van der Waals surface area contributed by atoms with Gasteiger partial charge in [0.1, 0.15) is 0 Å². The first-order valence-corrected chi connectivity index (χ1v) is 10.6. The van der Waals surface area contributed by atoms with E-state index in [0.29, 0.717) is 22.2 Å². The topological polar surface area (TPSA) is 129 Å². The van der Waals surface area contributed by atoms with Crippen molar-refractivity contribution in [3.63, 3.8) is 0 Å². The maximum Gasteiger partial charge on any atom is 0.437 e. The van der Waals surface area contributed by atoms with Crippen LogP contribution >= 0.6 is 11.3 Å². The minimum atomic E-state index is -0.594. The molecule has 0 aliphatic carbocycles. The van der Waals surface area contributed by atoms with Gasteiger partial charge in [-0.05, 0) is 29.0 Å². The number of aryl methyl sites for hydroxylation is 1. The number of carbonyl (C=O) groups is 1. The summed E-state index contributed by atoms with van der Waals surface area (Å²) in [6.45, 7) is 1.97. The highest BCUT2D eigenvalue weighted by Gasteiger charge is 2.29. The van der Waals surface area contributed by atoms with Gasteiger partial charge in [0, 0.05) is 17.5 Å². The molecule has 0 amide bonds. The number of rotatable bonds is 5. The lowest BCUT2D eigenvalue weighted by atomic mass is 10.2. The summed E-state index contributed by atoms with van der Waals surface area (Å²) in [4.78, 5) is 33.6. The Kier molecular flexibility index (Phi) is 5.34. The van der Waals surface area contributed by atoms with Gasteiger partial charge in [0.25, 0.3) is 0 Å². The second kappa shape index (κ2) is 8.61. The summed E-state index contributed by atoms with van der Waals surface area (Å²) in [7, 11) is 0. The number of benzene rings is 2. The van der Waals surface area contributed by atoms with Crippen LogP contribution in [0.25, 0.3) is 17.1 Å².